The van der Waals surface area contributed by atoms with Gasteiger partial charge in [-0.1, -0.05) is 0 Å². The van der Waals surface area contributed by atoms with Crippen LogP contribution in [0.1, 0.15) is 10.4 Å². The number of carbonyl (C=O) groups excluding carboxylic acids is 1. The van der Waals surface area contributed by atoms with Crippen molar-refractivity contribution in [2.75, 3.05) is 25.1 Å². The molecule has 0 N–H and O–H groups in total. The summed E-state index contributed by atoms with van der Waals surface area (Å²) in [6.07, 6.45) is 2.38. The number of carbonyl (C=O) groups is 1. The molecule has 0 radical (unpaired) electrons. The first-order valence-electron chi connectivity index (χ1n) is 8.30. The van der Waals surface area contributed by atoms with Crippen molar-refractivity contribution >= 4 is 12.2 Å². The van der Waals surface area contributed by atoms with Gasteiger partial charge in [0.1, 0.15) is 30.2 Å². The largest absolute Gasteiger partial charge is 0.492 e. The molecule has 0 aliphatic heterocycles. The van der Waals surface area contributed by atoms with Crippen LogP contribution < -0.4 is 14.4 Å². The van der Waals surface area contributed by atoms with Gasteiger partial charge in [-0.3, -0.25) is 4.79 Å². The molecular weight excluding hydrogens is 349 g/mol. The monoisotopic (exact) mass is 367 g/mol. The molecule has 0 atom stereocenters. The van der Waals surface area contributed by atoms with Crippen LogP contribution in [0.4, 0.5) is 10.3 Å². The van der Waals surface area contributed by atoms with Crippen molar-refractivity contribution in [1.82, 2.24) is 9.97 Å². The minimum atomic E-state index is -0.328. The first-order chi connectivity index (χ1) is 13.1. The highest BCUT2D eigenvalue weighted by molar-refractivity contribution is 5.74. The molecule has 0 spiro atoms. The third-order valence-electron chi connectivity index (χ3n) is 3.71. The van der Waals surface area contributed by atoms with Gasteiger partial charge in [0.2, 0.25) is 11.8 Å². The minimum Gasteiger partial charge on any atom is -0.492 e. The third-order valence-corrected chi connectivity index (χ3v) is 3.71. The van der Waals surface area contributed by atoms with E-state index in [0.717, 1.165) is 6.29 Å². The molecule has 0 amide bonds. The smallest absolute Gasteiger partial charge is 0.228 e. The predicted molar refractivity (Wildman–Crippen MR) is 99.1 cm³/mol. The Balaban J connectivity index is 1.55. The van der Waals surface area contributed by atoms with Gasteiger partial charge in [-0.05, 0) is 48.5 Å². The molecule has 3 rings (SSSR count). The van der Waals surface area contributed by atoms with Crippen molar-refractivity contribution in [3.8, 4) is 17.4 Å². The molecule has 0 saturated heterocycles. The van der Waals surface area contributed by atoms with Gasteiger partial charge in [-0.25, -0.2) is 9.37 Å². The number of hydrogen-bond donors (Lipinski definition) is 0. The highest BCUT2D eigenvalue weighted by Gasteiger charge is 2.07. The van der Waals surface area contributed by atoms with Crippen molar-refractivity contribution in [2.24, 2.45) is 0 Å². The zero-order chi connectivity index (χ0) is 19.1. The lowest BCUT2D eigenvalue weighted by molar-refractivity contribution is 0.112. The van der Waals surface area contributed by atoms with Crippen molar-refractivity contribution in [1.29, 1.82) is 0 Å². The Labute approximate surface area is 156 Å². The number of rotatable bonds is 8. The minimum absolute atomic E-state index is 0.328. The number of aldehydes is 1. The molecule has 0 saturated carbocycles. The van der Waals surface area contributed by atoms with Gasteiger partial charge in [0.15, 0.2) is 0 Å². The lowest BCUT2D eigenvalue weighted by Gasteiger charge is -2.17. The molecule has 0 aliphatic carbocycles. The number of anilines is 1. The maximum Gasteiger partial charge on any atom is 0.228 e. The summed E-state index contributed by atoms with van der Waals surface area (Å²) in [7, 11) is 1.84. The molecular formula is C20H18FN3O3. The van der Waals surface area contributed by atoms with Gasteiger partial charge in [0.05, 0.1) is 6.54 Å². The summed E-state index contributed by atoms with van der Waals surface area (Å²) >= 11 is 0. The number of halogens is 1. The first-order valence-corrected chi connectivity index (χ1v) is 8.30. The van der Waals surface area contributed by atoms with Crippen molar-refractivity contribution in [2.45, 2.75) is 0 Å². The second kappa shape index (κ2) is 8.75. The van der Waals surface area contributed by atoms with E-state index in [1.807, 2.05) is 11.9 Å². The molecule has 0 bridgehead atoms. The second-order valence-electron chi connectivity index (χ2n) is 5.71. The van der Waals surface area contributed by atoms with E-state index < -0.39 is 0 Å². The van der Waals surface area contributed by atoms with Crippen LogP contribution in [0.5, 0.6) is 17.4 Å². The molecule has 2 aromatic carbocycles. The standard InChI is InChI=1S/C20H18FN3O3/c1-24(12-13-26-17-6-2-15(14-25)3-7-17)20-22-11-10-19(23-20)27-18-8-4-16(21)5-9-18/h2-11,14H,12-13H2,1H3. The summed E-state index contributed by atoms with van der Waals surface area (Å²) < 4.78 is 24.2. The van der Waals surface area contributed by atoms with Crippen LogP contribution in [0.3, 0.4) is 0 Å². The van der Waals surface area contributed by atoms with Gasteiger partial charge in [0.25, 0.3) is 0 Å². The van der Waals surface area contributed by atoms with Gasteiger partial charge >= 0.3 is 0 Å². The maximum absolute atomic E-state index is 13.0. The van der Waals surface area contributed by atoms with Crippen LogP contribution >= 0.6 is 0 Å². The summed E-state index contributed by atoms with van der Waals surface area (Å²) in [6, 6.07) is 14.2. The molecule has 0 fully saturated rings. The van der Waals surface area contributed by atoms with Crippen LogP contribution in [-0.4, -0.2) is 36.5 Å². The summed E-state index contributed by atoms with van der Waals surface area (Å²) in [6.45, 7) is 0.971. The molecule has 0 aliphatic rings. The van der Waals surface area contributed by atoms with Crippen LogP contribution in [0.15, 0.2) is 60.8 Å². The topological polar surface area (TPSA) is 64.5 Å². The number of ether oxygens (including phenoxy) is 2. The summed E-state index contributed by atoms with van der Waals surface area (Å²) in [4.78, 5) is 21.0. The van der Waals surface area contributed by atoms with E-state index in [1.165, 1.54) is 24.3 Å². The van der Waals surface area contributed by atoms with Gasteiger partial charge in [-0.2, -0.15) is 4.98 Å². The molecule has 0 unspecified atom stereocenters. The molecule has 1 aromatic heterocycles. The van der Waals surface area contributed by atoms with E-state index in [4.69, 9.17) is 9.47 Å². The van der Waals surface area contributed by atoms with Crippen LogP contribution in [0, 0.1) is 5.82 Å². The van der Waals surface area contributed by atoms with E-state index >= 15 is 0 Å². The highest BCUT2D eigenvalue weighted by Crippen LogP contribution is 2.20. The van der Waals surface area contributed by atoms with E-state index in [9.17, 15) is 9.18 Å². The number of benzene rings is 2. The fraction of sp³-hybridized carbons (Fsp3) is 0.150. The number of aromatic nitrogens is 2. The fourth-order valence-corrected chi connectivity index (χ4v) is 2.24. The Morgan fingerprint density at radius 2 is 1.74 bits per heavy atom. The Hall–Kier alpha value is -3.48. The molecule has 3 aromatic rings. The Kier molecular flexibility index (Phi) is 5.94. The van der Waals surface area contributed by atoms with Crippen LogP contribution in [0.2, 0.25) is 0 Å². The zero-order valence-electron chi connectivity index (χ0n) is 14.7. The average molecular weight is 367 g/mol. The van der Waals surface area contributed by atoms with Crippen molar-refractivity contribution in [3.05, 3.63) is 72.2 Å². The van der Waals surface area contributed by atoms with Gasteiger partial charge in [0, 0.05) is 24.9 Å². The summed E-state index contributed by atoms with van der Waals surface area (Å²) in [5.41, 5.74) is 0.603. The highest BCUT2D eigenvalue weighted by atomic mass is 19.1. The van der Waals surface area contributed by atoms with Gasteiger partial charge < -0.3 is 14.4 Å². The average Bonchev–Trinajstić information content (AvgIpc) is 2.70. The number of likely N-dealkylation sites (N-methyl/N-ethyl adjacent to an activating group) is 1. The molecule has 7 heteroatoms. The normalized spacial score (nSPS) is 10.3. The quantitative estimate of drug-likeness (QED) is 0.565. The summed E-state index contributed by atoms with van der Waals surface area (Å²) in [5.74, 6) is 1.69. The third kappa shape index (κ3) is 5.24. The maximum atomic E-state index is 13.0. The molecule has 6 nitrogen and oxygen atoms in total. The predicted octanol–water partition coefficient (Wildman–Crippen LogP) is 3.74. The van der Waals surface area contributed by atoms with Crippen molar-refractivity contribution in [3.63, 3.8) is 0 Å². The van der Waals surface area contributed by atoms with Crippen LogP contribution in [0.25, 0.3) is 0 Å². The lowest BCUT2D eigenvalue weighted by atomic mass is 10.2. The van der Waals surface area contributed by atoms with E-state index in [2.05, 4.69) is 9.97 Å². The van der Waals surface area contributed by atoms with Gasteiger partial charge in [-0.15, -0.1) is 0 Å². The number of nitrogens with zero attached hydrogens (tertiary/aromatic N) is 3. The molecule has 27 heavy (non-hydrogen) atoms. The Morgan fingerprint density at radius 1 is 1.04 bits per heavy atom. The van der Waals surface area contributed by atoms with E-state index in [-0.39, 0.29) is 5.82 Å². The zero-order valence-corrected chi connectivity index (χ0v) is 14.7. The summed E-state index contributed by atoms with van der Waals surface area (Å²) in [5, 5.41) is 0. The van der Waals surface area contributed by atoms with Crippen molar-refractivity contribution < 1.29 is 18.7 Å². The first kappa shape index (κ1) is 18.3. The molecule has 138 valence electrons. The second-order valence-corrected chi connectivity index (χ2v) is 5.71. The SMILES string of the molecule is CN(CCOc1ccc(C=O)cc1)c1nccc(Oc2ccc(F)cc2)n1. The Bertz CT molecular complexity index is 886. The Morgan fingerprint density at radius 3 is 2.44 bits per heavy atom. The number of hydrogen-bond acceptors (Lipinski definition) is 6. The van der Waals surface area contributed by atoms with E-state index in [0.29, 0.717) is 42.0 Å². The lowest BCUT2D eigenvalue weighted by Crippen LogP contribution is -2.25. The van der Waals surface area contributed by atoms with Crippen LogP contribution in [-0.2, 0) is 0 Å². The fourth-order valence-electron chi connectivity index (χ4n) is 2.24. The van der Waals surface area contributed by atoms with E-state index in [1.54, 1.807) is 36.5 Å². The molecule has 1 heterocycles.